The van der Waals surface area contributed by atoms with E-state index in [4.69, 9.17) is 4.74 Å². The molecule has 10 heteroatoms. The van der Waals surface area contributed by atoms with Crippen molar-refractivity contribution in [3.05, 3.63) is 23.3 Å². The van der Waals surface area contributed by atoms with E-state index in [0.717, 1.165) is 11.3 Å². The van der Waals surface area contributed by atoms with E-state index in [9.17, 15) is 16.8 Å². The monoisotopic (exact) mass is 401 g/mol. The minimum atomic E-state index is -3.69. The summed E-state index contributed by atoms with van der Waals surface area (Å²) in [6.45, 7) is 2.90. The molecule has 0 unspecified atom stereocenters. The van der Waals surface area contributed by atoms with Gasteiger partial charge in [-0.15, -0.1) is 0 Å². The maximum Gasteiger partial charge on any atom is 0.218 e. The van der Waals surface area contributed by atoms with Crippen molar-refractivity contribution in [1.29, 1.82) is 0 Å². The molecule has 4 rings (SSSR count). The van der Waals surface area contributed by atoms with Gasteiger partial charge < -0.3 is 4.74 Å². The summed E-state index contributed by atoms with van der Waals surface area (Å²) in [7, 11) is -6.95. The molecule has 1 spiro atoms. The second-order valence-corrected chi connectivity index (χ2v) is 11.8. The van der Waals surface area contributed by atoms with Gasteiger partial charge in [0.2, 0.25) is 10.0 Å². The third-order valence-corrected chi connectivity index (χ3v) is 9.81. The van der Waals surface area contributed by atoms with Crippen LogP contribution in [-0.4, -0.2) is 67.6 Å². The fourth-order valence-corrected chi connectivity index (χ4v) is 8.83. The van der Waals surface area contributed by atoms with Crippen molar-refractivity contribution in [2.24, 2.45) is 0 Å². The molecule has 1 aromatic heterocycles. The molecule has 8 nitrogen and oxygen atoms in total. The number of piperidine rings is 1. The van der Waals surface area contributed by atoms with Crippen molar-refractivity contribution in [3.63, 3.8) is 0 Å². The zero-order valence-electron chi connectivity index (χ0n) is 14.7. The van der Waals surface area contributed by atoms with Crippen LogP contribution in [0.1, 0.15) is 36.3 Å². The second kappa shape index (κ2) is 6.22. The zero-order chi connectivity index (χ0) is 18.6. The van der Waals surface area contributed by atoms with Crippen LogP contribution in [0.25, 0.3) is 0 Å². The Bertz CT molecular complexity index is 931. The van der Waals surface area contributed by atoms with E-state index in [1.165, 1.54) is 4.31 Å². The number of nitrogens with zero attached hydrogens (tertiary/aromatic N) is 3. The molecule has 0 bridgehead atoms. The summed E-state index contributed by atoms with van der Waals surface area (Å²) in [5, 5.41) is -0.849. The van der Waals surface area contributed by atoms with Crippen molar-refractivity contribution in [3.8, 4) is 0 Å². The van der Waals surface area contributed by atoms with E-state index in [1.54, 1.807) is 6.20 Å². The highest BCUT2D eigenvalue weighted by Crippen LogP contribution is 2.40. The van der Waals surface area contributed by atoms with Gasteiger partial charge in [0.15, 0.2) is 9.84 Å². The van der Waals surface area contributed by atoms with Crippen molar-refractivity contribution in [2.45, 2.75) is 43.5 Å². The van der Waals surface area contributed by atoms with Gasteiger partial charge >= 0.3 is 0 Å². The van der Waals surface area contributed by atoms with Crippen LogP contribution < -0.4 is 0 Å². The third-order valence-electron chi connectivity index (χ3n) is 5.56. The zero-order valence-corrected chi connectivity index (χ0v) is 16.4. The fourth-order valence-electron chi connectivity index (χ4n) is 4.22. The molecule has 144 valence electrons. The fraction of sp³-hybridized carbons (Fsp3) is 0.750. The van der Waals surface area contributed by atoms with Gasteiger partial charge in [-0.1, -0.05) is 0 Å². The molecule has 0 amide bonds. The molecule has 2 atom stereocenters. The van der Waals surface area contributed by atoms with E-state index in [1.807, 2.05) is 6.92 Å². The number of rotatable bonds is 2. The van der Waals surface area contributed by atoms with E-state index in [2.05, 4.69) is 9.97 Å². The first-order chi connectivity index (χ1) is 12.2. The standard InChI is InChI=1S/C16H23N3O5S2/c1-12-17-9-13-3-7-24-16(15(13)18-12)5-2-6-19(11-16)26(22,23)14-4-8-25(20,21)10-14/h9,14H,2-8,10-11H2,1H3/t14-,16-/m1/s1. The quantitative estimate of drug-likeness (QED) is 0.695. The van der Waals surface area contributed by atoms with Gasteiger partial charge in [-0.2, -0.15) is 4.31 Å². The van der Waals surface area contributed by atoms with Crippen LogP contribution in [0.15, 0.2) is 6.20 Å². The second-order valence-electron chi connectivity index (χ2n) is 7.39. The summed E-state index contributed by atoms with van der Waals surface area (Å²) in [5.74, 6) is 0.301. The highest BCUT2D eigenvalue weighted by atomic mass is 32.2. The molecule has 1 aromatic rings. The van der Waals surface area contributed by atoms with Crippen LogP contribution in [0, 0.1) is 6.92 Å². The summed E-state index contributed by atoms with van der Waals surface area (Å²) < 4.78 is 57.1. The molecule has 26 heavy (non-hydrogen) atoms. The Balaban J connectivity index is 1.66. The molecule has 0 N–H and O–H groups in total. The van der Waals surface area contributed by atoms with E-state index in [-0.39, 0.29) is 24.5 Å². The number of aromatic nitrogens is 2. The average molecular weight is 402 g/mol. The van der Waals surface area contributed by atoms with E-state index in [0.29, 0.717) is 38.2 Å². The van der Waals surface area contributed by atoms with Crippen molar-refractivity contribution >= 4 is 19.9 Å². The summed E-state index contributed by atoms with van der Waals surface area (Å²) in [4.78, 5) is 8.83. The smallest absolute Gasteiger partial charge is 0.218 e. The Morgan fingerprint density at radius 2 is 2.19 bits per heavy atom. The minimum absolute atomic E-state index is 0.0539. The molecule has 0 radical (unpaired) electrons. The maximum atomic E-state index is 13.1. The highest BCUT2D eigenvalue weighted by Gasteiger charge is 2.48. The van der Waals surface area contributed by atoms with Gasteiger partial charge in [0.1, 0.15) is 11.4 Å². The molecule has 3 aliphatic rings. The molecule has 0 aliphatic carbocycles. The number of hydrogen-bond donors (Lipinski definition) is 0. The van der Waals surface area contributed by atoms with Gasteiger partial charge in [0.25, 0.3) is 0 Å². The number of fused-ring (bicyclic) bond motifs is 2. The van der Waals surface area contributed by atoms with Gasteiger partial charge in [0.05, 0.1) is 29.1 Å². The first kappa shape index (κ1) is 18.3. The largest absolute Gasteiger partial charge is 0.367 e. The Morgan fingerprint density at radius 3 is 2.92 bits per heavy atom. The van der Waals surface area contributed by atoms with Crippen LogP contribution >= 0.6 is 0 Å². The number of sulfone groups is 1. The predicted octanol–water partition coefficient (Wildman–Crippen LogP) is 0.166. The number of hydrogen-bond acceptors (Lipinski definition) is 7. The van der Waals surface area contributed by atoms with Crippen LogP contribution in [-0.2, 0) is 36.6 Å². The van der Waals surface area contributed by atoms with Gasteiger partial charge in [-0.05, 0) is 38.2 Å². The lowest BCUT2D eigenvalue weighted by Gasteiger charge is -2.44. The molecular weight excluding hydrogens is 378 g/mol. The number of ether oxygens (including phenoxy) is 1. The molecule has 4 heterocycles. The molecule has 3 aliphatic heterocycles. The summed E-state index contributed by atoms with van der Waals surface area (Å²) in [5.41, 5.74) is 1.03. The number of sulfonamides is 1. The molecule has 0 aromatic carbocycles. The van der Waals surface area contributed by atoms with Crippen molar-refractivity contribution in [2.75, 3.05) is 31.2 Å². The van der Waals surface area contributed by atoms with Crippen LogP contribution in [0.2, 0.25) is 0 Å². The highest BCUT2D eigenvalue weighted by molar-refractivity contribution is 7.95. The first-order valence-corrected chi connectivity index (χ1v) is 12.2. The van der Waals surface area contributed by atoms with E-state index >= 15 is 0 Å². The molecule has 2 fully saturated rings. The van der Waals surface area contributed by atoms with Crippen LogP contribution in [0.3, 0.4) is 0 Å². The average Bonchev–Trinajstić information content (AvgIpc) is 2.97. The van der Waals surface area contributed by atoms with Crippen LogP contribution in [0.5, 0.6) is 0 Å². The molecule has 0 saturated carbocycles. The third kappa shape index (κ3) is 3.06. The van der Waals surface area contributed by atoms with Gasteiger partial charge in [-0.25, -0.2) is 26.8 Å². The summed E-state index contributed by atoms with van der Waals surface area (Å²) in [6, 6.07) is 0. The lowest BCUT2D eigenvalue weighted by Crippen LogP contribution is -2.54. The lowest BCUT2D eigenvalue weighted by atomic mass is 9.85. The van der Waals surface area contributed by atoms with Crippen molar-refractivity contribution in [1.82, 2.24) is 14.3 Å². The SMILES string of the molecule is Cc1ncc2c(n1)[C@]1(CCCN(S(=O)(=O)[C@@H]3CCS(=O)(=O)C3)C1)OCC2. The summed E-state index contributed by atoms with van der Waals surface area (Å²) in [6.07, 6.45) is 4.05. The predicted molar refractivity (Wildman–Crippen MR) is 94.9 cm³/mol. The van der Waals surface area contributed by atoms with Crippen LogP contribution in [0.4, 0.5) is 0 Å². The van der Waals surface area contributed by atoms with Gasteiger partial charge in [-0.3, -0.25) is 0 Å². The summed E-state index contributed by atoms with van der Waals surface area (Å²) >= 11 is 0. The minimum Gasteiger partial charge on any atom is -0.367 e. The Kier molecular flexibility index (Phi) is 4.37. The number of aryl methyl sites for hydroxylation is 1. The Morgan fingerprint density at radius 1 is 1.38 bits per heavy atom. The Hall–Kier alpha value is -1.10. The normalized spacial score (nSPS) is 31.8. The van der Waals surface area contributed by atoms with E-state index < -0.39 is 30.7 Å². The van der Waals surface area contributed by atoms with Gasteiger partial charge in [0, 0.05) is 19.3 Å². The molecule has 2 saturated heterocycles. The molecular formula is C16H23N3O5S2. The maximum absolute atomic E-state index is 13.1. The lowest BCUT2D eigenvalue weighted by molar-refractivity contribution is -0.0936. The first-order valence-electron chi connectivity index (χ1n) is 8.88. The van der Waals surface area contributed by atoms with Crippen molar-refractivity contribution < 1.29 is 21.6 Å². The Labute approximate surface area is 153 Å². The topological polar surface area (TPSA) is 107 Å².